The maximum atomic E-state index is 12.1. The van der Waals surface area contributed by atoms with E-state index in [-0.39, 0.29) is 18.5 Å². The molecule has 0 aliphatic carbocycles. The zero-order valence-electron chi connectivity index (χ0n) is 17.6. The fourth-order valence-corrected chi connectivity index (χ4v) is 3.56. The molecule has 32 heavy (non-hydrogen) atoms. The summed E-state index contributed by atoms with van der Waals surface area (Å²) in [6, 6.07) is 9.71. The Morgan fingerprint density at radius 1 is 1.06 bits per heavy atom. The average molecular weight is 436 g/mol. The normalized spacial score (nSPS) is 13.1. The number of carbonyl (C=O) groups is 3. The summed E-state index contributed by atoms with van der Waals surface area (Å²) in [7, 11) is 1.58. The van der Waals surface area contributed by atoms with Crippen LogP contribution in [0.25, 0.3) is 10.9 Å². The lowest BCUT2D eigenvalue weighted by atomic mass is 10.2. The second-order valence-corrected chi connectivity index (χ2v) is 7.34. The van der Waals surface area contributed by atoms with Crippen LogP contribution in [0.3, 0.4) is 0 Å². The van der Waals surface area contributed by atoms with Crippen LogP contribution in [0.5, 0.6) is 11.5 Å². The van der Waals surface area contributed by atoms with Crippen LogP contribution in [0.4, 0.5) is 15.4 Å². The summed E-state index contributed by atoms with van der Waals surface area (Å²) < 4.78 is 7.40. The summed E-state index contributed by atoms with van der Waals surface area (Å²) in [6.07, 6.45) is 5.21. The summed E-state index contributed by atoms with van der Waals surface area (Å²) in [5, 5.41) is 8.60. The smallest absolute Gasteiger partial charge is 0.325 e. The third kappa shape index (κ3) is 4.80. The van der Waals surface area contributed by atoms with Gasteiger partial charge < -0.3 is 20.3 Å². The van der Waals surface area contributed by atoms with E-state index in [1.165, 1.54) is 10.8 Å². The average Bonchev–Trinajstić information content (AvgIpc) is 3.47. The Morgan fingerprint density at radius 2 is 1.84 bits per heavy atom. The molecule has 4 amide bonds. The summed E-state index contributed by atoms with van der Waals surface area (Å²) in [5.74, 6) is 1.25. The van der Waals surface area contributed by atoms with Gasteiger partial charge in [0.1, 0.15) is 17.3 Å². The number of urea groups is 1. The molecule has 3 aromatic rings. The number of anilines is 1. The molecule has 3 heterocycles. The van der Waals surface area contributed by atoms with Gasteiger partial charge >= 0.3 is 12.1 Å². The van der Waals surface area contributed by atoms with Gasteiger partial charge in [-0.2, -0.15) is 0 Å². The van der Waals surface area contributed by atoms with Crippen LogP contribution in [0, 0.1) is 0 Å². The molecule has 3 N–H and O–H groups in total. The predicted molar refractivity (Wildman–Crippen MR) is 119 cm³/mol. The van der Waals surface area contributed by atoms with Crippen molar-refractivity contribution in [1.82, 2.24) is 25.1 Å². The standard InChI is InChI=1S/C22H24N6O4/c1-23-22(31)28-11-7-15-12-16(4-5-18(15)28)32-17-6-8-24-19(13-17)26-21(30)25-14-20(29)27-9-2-3-10-27/h4-8,11-13H,2-3,9-10,14H2,1H3,(H,23,31)(H2,24,25,26,30). The van der Waals surface area contributed by atoms with E-state index in [0.717, 1.165) is 36.8 Å². The molecule has 0 atom stereocenters. The molecule has 1 aliphatic rings. The Bertz CT molecular complexity index is 1150. The molecule has 10 nitrogen and oxygen atoms in total. The zero-order valence-corrected chi connectivity index (χ0v) is 17.6. The van der Waals surface area contributed by atoms with E-state index in [2.05, 4.69) is 20.9 Å². The molecule has 1 saturated heterocycles. The maximum absolute atomic E-state index is 12.1. The highest BCUT2D eigenvalue weighted by Crippen LogP contribution is 2.27. The summed E-state index contributed by atoms with van der Waals surface area (Å²) >= 11 is 0. The third-order valence-electron chi connectivity index (χ3n) is 5.16. The minimum atomic E-state index is -0.515. The Kier molecular flexibility index (Phi) is 6.20. The van der Waals surface area contributed by atoms with Gasteiger partial charge in [-0.25, -0.2) is 14.6 Å². The van der Waals surface area contributed by atoms with Crippen molar-refractivity contribution in [3.8, 4) is 11.5 Å². The number of amides is 4. The second-order valence-electron chi connectivity index (χ2n) is 7.34. The van der Waals surface area contributed by atoms with Gasteiger partial charge in [0.05, 0.1) is 12.1 Å². The molecular weight excluding hydrogens is 412 g/mol. The van der Waals surface area contributed by atoms with E-state index in [4.69, 9.17) is 4.74 Å². The van der Waals surface area contributed by atoms with Crippen LogP contribution in [0.1, 0.15) is 12.8 Å². The molecular formula is C22H24N6O4. The zero-order chi connectivity index (χ0) is 22.5. The molecule has 10 heteroatoms. The Balaban J connectivity index is 1.37. The van der Waals surface area contributed by atoms with E-state index in [9.17, 15) is 14.4 Å². The Hall–Kier alpha value is -4.08. The van der Waals surface area contributed by atoms with Gasteiger partial charge in [-0.3, -0.25) is 14.7 Å². The van der Waals surface area contributed by atoms with Crippen LogP contribution >= 0.6 is 0 Å². The van der Waals surface area contributed by atoms with Crippen molar-refractivity contribution in [2.75, 3.05) is 32.0 Å². The monoisotopic (exact) mass is 436 g/mol. The number of nitrogens with one attached hydrogen (secondary N) is 3. The first-order valence-corrected chi connectivity index (χ1v) is 10.3. The molecule has 0 saturated carbocycles. The van der Waals surface area contributed by atoms with Gasteiger partial charge in [-0.05, 0) is 43.2 Å². The number of benzene rings is 1. The SMILES string of the molecule is CNC(=O)n1ccc2cc(Oc3ccnc(NC(=O)NCC(=O)N4CCCC4)c3)ccc21. The van der Waals surface area contributed by atoms with Gasteiger partial charge in [-0.15, -0.1) is 0 Å². The number of ether oxygens (including phenoxy) is 1. The number of hydrogen-bond donors (Lipinski definition) is 3. The minimum absolute atomic E-state index is 0.0578. The van der Waals surface area contributed by atoms with Gasteiger partial charge in [0, 0.05) is 44.0 Å². The second kappa shape index (κ2) is 9.38. The molecule has 1 aromatic carbocycles. The van der Waals surface area contributed by atoms with Gasteiger partial charge in [-0.1, -0.05) is 0 Å². The highest BCUT2D eigenvalue weighted by molar-refractivity contribution is 5.92. The van der Waals surface area contributed by atoms with E-state index >= 15 is 0 Å². The number of nitrogens with zero attached hydrogens (tertiary/aromatic N) is 3. The fraction of sp³-hybridized carbons (Fsp3) is 0.273. The predicted octanol–water partition coefficient (Wildman–Crippen LogP) is 2.76. The molecule has 0 spiro atoms. The molecule has 0 bridgehead atoms. The van der Waals surface area contributed by atoms with Crippen molar-refractivity contribution >= 4 is 34.7 Å². The van der Waals surface area contributed by atoms with Crippen LogP contribution in [0.15, 0.2) is 48.8 Å². The summed E-state index contributed by atoms with van der Waals surface area (Å²) in [5.41, 5.74) is 0.758. The number of rotatable bonds is 5. The van der Waals surface area contributed by atoms with E-state index < -0.39 is 6.03 Å². The first-order valence-electron chi connectivity index (χ1n) is 10.3. The molecule has 2 aromatic heterocycles. The van der Waals surface area contributed by atoms with Gasteiger partial charge in [0.2, 0.25) is 5.91 Å². The molecule has 166 valence electrons. The van der Waals surface area contributed by atoms with E-state index in [1.54, 1.807) is 42.4 Å². The molecule has 0 unspecified atom stereocenters. The van der Waals surface area contributed by atoms with Crippen molar-refractivity contribution in [1.29, 1.82) is 0 Å². The van der Waals surface area contributed by atoms with Crippen molar-refractivity contribution in [2.45, 2.75) is 12.8 Å². The van der Waals surface area contributed by atoms with E-state index in [0.29, 0.717) is 17.3 Å². The number of fused-ring (bicyclic) bond motifs is 1. The van der Waals surface area contributed by atoms with Crippen molar-refractivity contribution in [2.24, 2.45) is 0 Å². The maximum Gasteiger partial charge on any atom is 0.325 e. The summed E-state index contributed by atoms with van der Waals surface area (Å²) in [6.45, 7) is 1.43. The number of likely N-dealkylation sites (tertiary alicyclic amines) is 1. The lowest BCUT2D eigenvalue weighted by Gasteiger charge is -2.15. The van der Waals surface area contributed by atoms with Crippen LogP contribution in [-0.4, -0.2) is 59.1 Å². The molecule has 1 aliphatic heterocycles. The fourth-order valence-electron chi connectivity index (χ4n) is 3.56. The summed E-state index contributed by atoms with van der Waals surface area (Å²) in [4.78, 5) is 41.9. The largest absolute Gasteiger partial charge is 0.457 e. The molecule has 1 fully saturated rings. The minimum Gasteiger partial charge on any atom is -0.457 e. The van der Waals surface area contributed by atoms with Gasteiger partial charge in [0.15, 0.2) is 0 Å². The van der Waals surface area contributed by atoms with Gasteiger partial charge in [0.25, 0.3) is 0 Å². The number of hydrogen-bond acceptors (Lipinski definition) is 5. The van der Waals surface area contributed by atoms with Crippen LogP contribution in [-0.2, 0) is 4.79 Å². The first-order chi connectivity index (χ1) is 15.5. The Labute approximate surface area is 184 Å². The quantitative estimate of drug-likeness (QED) is 0.569. The molecule has 4 rings (SSSR count). The number of aromatic nitrogens is 2. The van der Waals surface area contributed by atoms with Crippen molar-refractivity contribution in [3.63, 3.8) is 0 Å². The highest BCUT2D eigenvalue weighted by atomic mass is 16.5. The van der Waals surface area contributed by atoms with E-state index in [1.807, 2.05) is 12.1 Å². The topological polar surface area (TPSA) is 118 Å². The van der Waals surface area contributed by atoms with Crippen LogP contribution < -0.4 is 20.7 Å². The number of pyridine rings is 1. The first kappa shape index (κ1) is 21.2. The van der Waals surface area contributed by atoms with Crippen molar-refractivity contribution < 1.29 is 19.1 Å². The number of carbonyl (C=O) groups excluding carboxylic acids is 3. The lowest BCUT2D eigenvalue weighted by Crippen LogP contribution is -2.40. The molecule has 0 radical (unpaired) electrons. The van der Waals surface area contributed by atoms with Crippen LogP contribution in [0.2, 0.25) is 0 Å². The lowest BCUT2D eigenvalue weighted by molar-refractivity contribution is -0.128. The Morgan fingerprint density at radius 3 is 2.62 bits per heavy atom. The highest BCUT2D eigenvalue weighted by Gasteiger charge is 2.18. The third-order valence-corrected chi connectivity index (χ3v) is 5.16. The van der Waals surface area contributed by atoms with Crippen molar-refractivity contribution in [3.05, 3.63) is 48.8 Å².